The maximum absolute atomic E-state index is 6.17. The summed E-state index contributed by atoms with van der Waals surface area (Å²) in [5, 5.41) is 0. The molecule has 2 N–H and O–H groups in total. The molecule has 0 radical (unpaired) electrons. The molecule has 0 heterocycles. The Bertz CT molecular complexity index is 159. The molecule has 0 unspecified atom stereocenters. The second-order valence-electron chi connectivity index (χ2n) is 5.55. The molecule has 2 aliphatic carbocycles. The smallest absolute Gasteiger partial charge is 0.0580 e. The van der Waals surface area contributed by atoms with Crippen molar-refractivity contribution in [3.8, 4) is 0 Å². The van der Waals surface area contributed by atoms with E-state index in [9.17, 15) is 0 Å². The van der Waals surface area contributed by atoms with Gasteiger partial charge in [-0.2, -0.15) is 0 Å². The van der Waals surface area contributed by atoms with E-state index >= 15 is 0 Å². The highest BCUT2D eigenvalue weighted by atomic mass is 16.5. The van der Waals surface area contributed by atoms with Gasteiger partial charge in [0.05, 0.1) is 12.2 Å². The van der Waals surface area contributed by atoms with Gasteiger partial charge in [-0.3, -0.25) is 0 Å². The molecule has 0 amide bonds. The van der Waals surface area contributed by atoms with Crippen LogP contribution in [0.3, 0.4) is 0 Å². The SMILES string of the molecule is CC1CCC(OC2CCC(N)CC2)CC1. The molecule has 0 saturated heterocycles. The molecule has 15 heavy (non-hydrogen) atoms. The monoisotopic (exact) mass is 211 g/mol. The van der Waals surface area contributed by atoms with E-state index in [4.69, 9.17) is 10.5 Å². The first-order chi connectivity index (χ1) is 7.24. The Balaban J connectivity index is 1.68. The van der Waals surface area contributed by atoms with Crippen LogP contribution in [0.25, 0.3) is 0 Å². The zero-order valence-corrected chi connectivity index (χ0v) is 9.95. The van der Waals surface area contributed by atoms with Gasteiger partial charge in [0, 0.05) is 6.04 Å². The van der Waals surface area contributed by atoms with Crippen molar-refractivity contribution in [3.63, 3.8) is 0 Å². The first-order valence-corrected chi connectivity index (χ1v) is 6.65. The van der Waals surface area contributed by atoms with E-state index < -0.39 is 0 Å². The third kappa shape index (κ3) is 3.46. The molecule has 0 aliphatic heterocycles. The molecule has 2 aliphatic rings. The molecule has 0 spiro atoms. The van der Waals surface area contributed by atoms with Crippen LogP contribution < -0.4 is 5.73 Å². The van der Waals surface area contributed by atoms with Crippen molar-refractivity contribution >= 4 is 0 Å². The van der Waals surface area contributed by atoms with Crippen molar-refractivity contribution in [2.75, 3.05) is 0 Å². The largest absolute Gasteiger partial charge is 0.375 e. The van der Waals surface area contributed by atoms with Gasteiger partial charge in [0.2, 0.25) is 0 Å². The average Bonchev–Trinajstić information content (AvgIpc) is 2.25. The molecule has 0 bridgehead atoms. The van der Waals surface area contributed by atoms with Gasteiger partial charge in [-0.1, -0.05) is 6.92 Å². The second-order valence-corrected chi connectivity index (χ2v) is 5.55. The summed E-state index contributed by atoms with van der Waals surface area (Å²) in [7, 11) is 0. The molecule has 0 aromatic carbocycles. The molecule has 0 aromatic heterocycles. The van der Waals surface area contributed by atoms with Crippen LogP contribution in [0.1, 0.15) is 58.3 Å². The maximum Gasteiger partial charge on any atom is 0.0580 e. The summed E-state index contributed by atoms with van der Waals surface area (Å²) in [4.78, 5) is 0. The predicted molar refractivity (Wildman–Crippen MR) is 62.7 cm³/mol. The normalized spacial score (nSPS) is 42.8. The topological polar surface area (TPSA) is 35.2 Å². The van der Waals surface area contributed by atoms with Crippen molar-refractivity contribution in [2.45, 2.75) is 76.5 Å². The maximum atomic E-state index is 6.17. The van der Waals surface area contributed by atoms with Crippen molar-refractivity contribution in [1.29, 1.82) is 0 Å². The lowest BCUT2D eigenvalue weighted by Crippen LogP contribution is -2.33. The fourth-order valence-corrected chi connectivity index (χ4v) is 2.86. The Morgan fingerprint density at radius 2 is 1.27 bits per heavy atom. The number of rotatable bonds is 2. The van der Waals surface area contributed by atoms with Gasteiger partial charge in [0.15, 0.2) is 0 Å². The predicted octanol–water partition coefficient (Wildman–Crippen LogP) is 2.85. The van der Waals surface area contributed by atoms with Crippen molar-refractivity contribution < 1.29 is 4.74 Å². The van der Waals surface area contributed by atoms with E-state index in [-0.39, 0.29) is 0 Å². The molecular weight excluding hydrogens is 186 g/mol. The van der Waals surface area contributed by atoms with Crippen molar-refractivity contribution in [1.82, 2.24) is 0 Å². The summed E-state index contributed by atoms with van der Waals surface area (Å²) in [6, 6.07) is 0.441. The first-order valence-electron chi connectivity index (χ1n) is 6.65. The van der Waals surface area contributed by atoms with Crippen LogP contribution in [0.2, 0.25) is 0 Å². The Hall–Kier alpha value is -0.0800. The van der Waals surface area contributed by atoms with E-state index in [0.29, 0.717) is 18.2 Å². The number of hydrogen-bond acceptors (Lipinski definition) is 2. The quantitative estimate of drug-likeness (QED) is 0.762. The third-order valence-electron chi connectivity index (χ3n) is 4.07. The van der Waals surface area contributed by atoms with Crippen molar-refractivity contribution in [2.24, 2.45) is 11.7 Å². The number of hydrogen-bond donors (Lipinski definition) is 1. The minimum atomic E-state index is 0.441. The lowest BCUT2D eigenvalue weighted by Gasteiger charge is -2.33. The molecule has 2 heteroatoms. The van der Waals surface area contributed by atoms with Gasteiger partial charge in [-0.05, 0) is 57.3 Å². The van der Waals surface area contributed by atoms with Crippen LogP contribution in [0.15, 0.2) is 0 Å². The fraction of sp³-hybridized carbons (Fsp3) is 1.00. The third-order valence-corrected chi connectivity index (χ3v) is 4.07. The average molecular weight is 211 g/mol. The van der Waals surface area contributed by atoms with Crippen LogP contribution in [-0.2, 0) is 4.74 Å². The van der Waals surface area contributed by atoms with Gasteiger partial charge >= 0.3 is 0 Å². The zero-order valence-electron chi connectivity index (χ0n) is 9.95. The molecule has 0 aromatic rings. The summed E-state index contributed by atoms with van der Waals surface area (Å²) >= 11 is 0. The van der Waals surface area contributed by atoms with Gasteiger partial charge in [0.1, 0.15) is 0 Å². The lowest BCUT2D eigenvalue weighted by molar-refractivity contribution is -0.0516. The van der Waals surface area contributed by atoms with E-state index in [2.05, 4.69) is 6.92 Å². The molecule has 88 valence electrons. The molecule has 2 rings (SSSR count). The van der Waals surface area contributed by atoms with E-state index in [1.54, 1.807) is 0 Å². The summed E-state index contributed by atoms with van der Waals surface area (Å²) in [6.07, 6.45) is 11.0. The molecule has 2 nitrogen and oxygen atoms in total. The summed E-state index contributed by atoms with van der Waals surface area (Å²) < 4.78 is 6.17. The molecule has 0 atom stereocenters. The molecular formula is C13H25NO. The first kappa shape index (κ1) is 11.4. The highest BCUT2D eigenvalue weighted by Gasteiger charge is 2.24. The Morgan fingerprint density at radius 3 is 1.80 bits per heavy atom. The van der Waals surface area contributed by atoms with Gasteiger partial charge < -0.3 is 10.5 Å². The van der Waals surface area contributed by atoms with Crippen LogP contribution in [0.5, 0.6) is 0 Å². The van der Waals surface area contributed by atoms with Crippen LogP contribution in [0, 0.1) is 5.92 Å². The summed E-state index contributed by atoms with van der Waals surface area (Å²) in [5.41, 5.74) is 5.89. The highest BCUT2D eigenvalue weighted by Crippen LogP contribution is 2.29. The standard InChI is InChI=1S/C13H25NO/c1-10-2-6-12(7-3-10)15-13-8-4-11(14)5-9-13/h10-13H,2-9,14H2,1H3. The van der Waals surface area contributed by atoms with Crippen LogP contribution >= 0.6 is 0 Å². The fourth-order valence-electron chi connectivity index (χ4n) is 2.86. The van der Waals surface area contributed by atoms with Gasteiger partial charge in [-0.15, -0.1) is 0 Å². The summed E-state index contributed by atoms with van der Waals surface area (Å²) in [5.74, 6) is 0.921. The molecule has 2 saturated carbocycles. The minimum absolute atomic E-state index is 0.441. The van der Waals surface area contributed by atoms with Crippen LogP contribution in [-0.4, -0.2) is 18.2 Å². The Labute approximate surface area is 93.6 Å². The Kier molecular flexibility index (Phi) is 4.04. The van der Waals surface area contributed by atoms with E-state index in [1.807, 2.05) is 0 Å². The lowest BCUT2D eigenvalue weighted by atomic mass is 9.88. The zero-order chi connectivity index (χ0) is 10.7. The van der Waals surface area contributed by atoms with Gasteiger partial charge in [0.25, 0.3) is 0 Å². The Morgan fingerprint density at radius 1 is 0.800 bits per heavy atom. The minimum Gasteiger partial charge on any atom is -0.375 e. The van der Waals surface area contributed by atoms with E-state index in [0.717, 1.165) is 18.8 Å². The highest BCUT2D eigenvalue weighted by molar-refractivity contribution is 4.77. The summed E-state index contributed by atoms with van der Waals surface area (Å²) in [6.45, 7) is 2.36. The van der Waals surface area contributed by atoms with Gasteiger partial charge in [-0.25, -0.2) is 0 Å². The number of nitrogens with two attached hydrogens (primary N) is 1. The second kappa shape index (κ2) is 5.31. The van der Waals surface area contributed by atoms with E-state index in [1.165, 1.54) is 38.5 Å². The molecule has 2 fully saturated rings. The van der Waals surface area contributed by atoms with Crippen LogP contribution in [0.4, 0.5) is 0 Å². The number of ether oxygens (including phenoxy) is 1. The van der Waals surface area contributed by atoms with Crippen molar-refractivity contribution in [3.05, 3.63) is 0 Å².